The number of carbonyl (C=O) groups excluding carboxylic acids is 2. The van der Waals surface area contributed by atoms with Gasteiger partial charge in [0.25, 0.3) is 11.8 Å². The van der Waals surface area contributed by atoms with Crippen molar-refractivity contribution in [3.63, 3.8) is 0 Å². The normalized spacial score (nSPS) is 14.2. The van der Waals surface area contributed by atoms with Crippen LogP contribution in [0.5, 0.6) is 5.75 Å². The van der Waals surface area contributed by atoms with E-state index in [0.717, 1.165) is 28.0 Å². The molecule has 0 aliphatic carbocycles. The first-order chi connectivity index (χ1) is 13.0. The lowest BCUT2D eigenvalue weighted by Gasteiger charge is -2.35. The fraction of sp³-hybridized carbons (Fsp3) is 0.364. The molecule has 0 unspecified atom stereocenters. The van der Waals surface area contributed by atoms with Crippen LogP contribution in [0, 0.1) is 20.8 Å². The Kier molecular flexibility index (Phi) is 5.79. The van der Waals surface area contributed by atoms with Gasteiger partial charge in [0.05, 0.1) is 0 Å². The van der Waals surface area contributed by atoms with Crippen molar-refractivity contribution in [3.05, 3.63) is 64.7 Å². The highest BCUT2D eigenvalue weighted by Gasteiger charge is 2.25. The molecule has 2 aromatic rings. The van der Waals surface area contributed by atoms with E-state index in [1.165, 1.54) is 0 Å². The molecule has 2 aromatic carbocycles. The van der Waals surface area contributed by atoms with Gasteiger partial charge in [0.1, 0.15) is 5.75 Å². The second-order valence-electron chi connectivity index (χ2n) is 6.97. The van der Waals surface area contributed by atoms with Gasteiger partial charge in [-0.3, -0.25) is 9.59 Å². The summed E-state index contributed by atoms with van der Waals surface area (Å²) in [7, 11) is 0. The van der Waals surface area contributed by atoms with Crippen LogP contribution in [-0.4, -0.2) is 54.4 Å². The molecule has 0 atom stereocenters. The van der Waals surface area contributed by atoms with Crippen LogP contribution in [-0.2, 0) is 4.79 Å². The number of hydrogen-bond acceptors (Lipinski definition) is 3. The number of amides is 2. The van der Waals surface area contributed by atoms with E-state index in [-0.39, 0.29) is 18.4 Å². The fourth-order valence-corrected chi connectivity index (χ4v) is 3.25. The van der Waals surface area contributed by atoms with Crippen LogP contribution in [0.25, 0.3) is 0 Å². The van der Waals surface area contributed by atoms with Crippen molar-refractivity contribution in [2.45, 2.75) is 20.8 Å². The van der Waals surface area contributed by atoms with E-state index in [0.29, 0.717) is 26.2 Å². The fourth-order valence-electron chi connectivity index (χ4n) is 3.25. The Morgan fingerprint density at radius 2 is 1.48 bits per heavy atom. The summed E-state index contributed by atoms with van der Waals surface area (Å²) in [6.07, 6.45) is 0. The van der Waals surface area contributed by atoms with Gasteiger partial charge in [-0.2, -0.15) is 0 Å². The van der Waals surface area contributed by atoms with Crippen molar-refractivity contribution in [3.8, 4) is 5.75 Å². The van der Waals surface area contributed by atoms with Crippen LogP contribution in [0.1, 0.15) is 27.0 Å². The summed E-state index contributed by atoms with van der Waals surface area (Å²) in [5, 5.41) is 0. The molecule has 5 nitrogen and oxygen atoms in total. The molecule has 0 radical (unpaired) electrons. The highest BCUT2D eigenvalue weighted by atomic mass is 16.5. The van der Waals surface area contributed by atoms with Crippen molar-refractivity contribution >= 4 is 11.8 Å². The Labute approximate surface area is 160 Å². The smallest absolute Gasteiger partial charge is 0.260 e. The molecule has 3 rings (SSSR count). The van der Waals surface area contributed by atoms with Crippen LogP contribution in [0.4, 0.5) is 0 Å². The Bertz CT molecular complexity index is 839. The first-order valence-corrected chi connectivity index (χ1v) is 9.29. The predicted octanol–water partition coefficient (Wildman–Crippen LogP) is 2.98. The Balaban J connectivity index is 1.53. The van der Waals surface area contributed by atoms with Crippen molar-refractivity contribution < 1.29 is 14.3 Å². The maximum atomic E-state index is 12.7. The highest BCUT2D eigenvalue weighted by molar-refractivity contribution is 5.95. The molecule has 1 aliphatic heterocycles. The third-order valence-electron chi connectivity index (χ3n) is 5.20. The number of rotatable bonds is 4. The largest absolute Gasteiger partial charge is 0.483 e. The molecule has 2 amide bonds. The second-order valence-corrected chi connectivity index (χ2v) is 6.97. The third kappa shape index (κ3) is 4.30. The minimum absolute atomic E-state index is 0.0238. The lowest BCUT2D eigenvalue weighted by atomic mass is 10.1. The lowest BCUT2D eigenvalue weighted by molar-refractivity contribution is -0.134. The van der Waals surface area contributed by atoms with E-state index in [2.05, 4.69) is 0 Å². The van der Waals surface area contributed by atoms with E-state index in [4.69, 9.17) is 4.74 Å². The molecule has 0 spiro atoms. The number of nitrogens with zero attached hydrogens (tertiary/aromatic N) is 2. The number of hydrogen-bond donors (Lipinski definition) is 0. The van der Waals surface area contributed by atoms with E-state index in [1.807, 2.05) is 68.1 Å². The van der Waals surface area contributed by atoms with E-state index in [1.54, 1.807) is 4.90 Å². The minimum Gasteiger partial charge on any atom is -0.483 e. The summed E-state index contributed by atoms with van der Waals surface area (Å²) < 4.78 is 5.72. The quantitative estimate of drug-likeness (QED) is 0.836. The number of ether oxygens (including phenoxy) is 1. The van der Waals surface area contributed by atoms with Gasteiger partial charge in [-0.15, -0.1) is 0 Å². The summed E-state index contributed by atoms with van der Waals surface area (Å²) in [5.41, 5.74) is 3.90. The van der Waals surface area contributed by atoms with Crippen LogP contribution in [0.2, 0.25) is 0 Å². The predicted molar refractivity (Wildman–Crippen MR) is 105 cm³/mol. The third-order valence-corrected chi connectivity index (χ3v) is 5.20. The standard InChI is InChI=1S/C22H26N2O3/c1-16-8-6-10-20(18(16)3)27-15-21(25)23-11-13-24(14-12-23)22(26)19-9-5-4-7-17(19)2/h4-10H,11-15H2,1-3H3. The molecule has 0 bridgehead atoms. The van der Waals surface area contributed by atoms with Gasteiger partial charge < -0.3 is 14.5 Å². The van der Waals surface area contributed by atoms with Crippen molar-refractivity contribution in [2.24, 2.45) is 0 Å². The molecular weight excluding hydrogens is 340 g/mol. The molecule has 0 saturated carbocycles. The molecular formula is C22H26N2O3. The first kappa shape index (κ1) is 19.0. The summed E-state index contributed by atoms with van der Waals surface area (Å²) in [6.45, 7) is 8.14. The van der Waals surface area contributed by atoms with E-state index >= 15 is 0 Å². The van der Waals surface area contributed by atoms with E-state index < -0.39 is 0 Å². The Morgan fingerprint density at radius 1 is 0.852 bits per heavy atom. The van der Waals surface area contributed by atoms with Gasteiger partial charge in [-0.05, 0) is 49.6 Å². The van der Waals surface area contributed by atoms with Gasteiger partial charge in [-0.25, -0.2) is 0 Å². The van der Waals surface area contributed by atoms with Gasteiger partial charge >= 0.3 is 0 Å². The lowest BCUT2D eigenvalue weighted by Crippen LogP contribution is -2.51. The molecule has 1 aliphatic rings. The molecule has 1 saturated heterocycles. The monoisotopic (exact) mass is 366 g/mol. The minimum atomic E-state index is -0.0427. The molecule has 5 heteroatoms. The molecule has 1 heterocycles. The molecule has 0 N–H and O–H groups in total. The number of carbonyl (C=O) groups is 2. The zero-order valence-corrected chi connectivity index (χ0v) is 16.2. The van der Waals surface area contributed by atoms with Gasteiger partial charge in [-0.1, -0.05) is 30.3 Å². The average Bonchev–Trinajstić information content (AvgIpc) is 2.69. The highest BCUT2D eigenvalue weighted by Crippen LogP contribution is 2.20. The van der Waals surface area contributed by atoms with Crippen LogP contribution < -0.4 is 4.74 Å². The average molecular weight is 366 g/mol. The topological polar surface area (TPSA) is 49.9 Å². The summed E-state index contributed by atoms with van der Waals surface area (Å²) >= 11 is 0. The summed E-state index contributed by atoms with van der Waals surface area (Å²) in [4.78, 5) is 28.7. The molecule has 142 valence electrons. The zero-order chi connectivity index (χ0) is 19.4. The Hall–Kier alpha value is -2.82. The van der Waals surface area contributed by atoms with E-state index in [9.17, 15) is 9.59 Å². The maximum absolute atomic E-state index is 12.7. The second kappa shape index (κ2) is 8.25. The number of piperazine rings is 1. The number of aryl methyl sites for hydroxylation is 2. The van der Waals surface area contributed by atoms with Crippen LogP contribution >= 0.6 is 0 Å². The molecule has 0 aromatic heterocycles. The molecule has 1 fully saturated rings. The van der Waals surface area contributed by atoms with Gasteiger partial charge in [0.2, 0.25) is 0 Å². The zero-order valence-electron chi connectivity index (χ0n) is 16.2. The molecule has 27 heavy (non-hydrogen) atoms. The number of benzene rings is 2. The van der Waals surface area contributed by atoms with Crippen molar-refractivity contribution in [2.75, 3.05) is 32.8 Å². The van der Waals surface area contributed by atoms with Crippen LogP contribution in [0.3, 0.4) is 0 Å². The van der Waals surface area contributed by atoms with Gasteiger partial charge in [0, 0.05) is 31.7 Å². The first-order valence-electron chi connectivity index (χ1n) is 9.29. The van der Waals surface area contributed by atoms with Crippen molar-refractivity contribution in [1.29, 1.82) is 0 Å². The SMILES string of the molecule is Cc1ccccc1C(=O)N1CCN(C(=O)COc2cccc(C)c2C)CC1. The van der Waals surface area contributed by atoms with Crippen molar-refractivity contribution in [1.82, 2.24) is 9.80 Å². The summed E-state index contributed by atoms with van der Waals surface area (Å²) in [6, 6.07) is 13.4. The maximum Gasteiger partial charge on any atom is 0.260 e. The van der Waals surface area contributed by atoms with Gasteiger partial charge in [0.15, 0.2) is 6.61 Å². The Morgan fingerprint density at radius 3 is 2.19 bits per heavy atom. The van der Waals surface area contributed by atoms with Crippen LogP contribution in [0.15, 0.2) is 42.5 Å². The summed E-state index contributed by atoms with van der Waals surface area (Å²) in [5.74, 6) is 0.738.